The molecule has 0 atom stereocenters. The van der Waals surface area contributed by atoms with Crippen molar-refractivity contribution in [1.82, 2.24) is 10.2 Å². The highest BCUT2D eigenvalue weighted by Gasteiger charge is 2.39. The van der Waals surface area contributed by atoms with Crippen molar-refractivity contribution in [2.75, 3.05) is 13.1 Å². The van der Waals surface area contributed by atoms with E-state index < -0.39 is 0 Å². The summed E-state index contributed by atoms with van der Waals surface area (Å²) in [5.41, 5.74) is 1.06. The first kappa shape index (κ1) is 14.6. The van der Waals surface area contributed by atoms with Gasteiger partial charge in [-0.1, -0.05) is 30.3 Å². The van der Waals surface area contributed by atoms with Crippen molar-refractivity contribution in [2.45, 2.75) is 57.0 Å². The number of nitrogens with zero attached hydrogens (tertiary/aromatic N) is 1. The summed E-state index contributed by atoms with van der Waals surface area (Å²) in [7, 11) is 0. The summed E-state index contributed by atoms with van der Waals surface area (Å²) in [5.74, 6) is 0.841. The van der Waals surface area contributed by atoms with Crippen molar-refractivity contribution in [3.05, 3.63) is 35.9 Å². The standard InChI is InChI=1S/C18H26N2O/c1-18(2,17(21)19-16-8-9-16)20-12-10-15(11-13-20)14-6-4-3-5-7-14/h3-7,15-16H,8-13H2,1-2H3,(H,19,21). The van der Waals surface area contributed by atoms with Crippen LogP contribution in [0, 0.1) is 0 Å². The summed E-state index contributed by atoms with van der Waals surface area (Å²) in [6, 6.07) is 11.2. The Bertz CT molecular complexity index is 485. The number of hydrogen-bond acceptors (Lipinski definition) is 2. The average molecular weight is 286 g/mol. The van der Waals surface area contributed by atoms with Crippen LogP contribution in [0.5, 0.6) is 0 Å². The van der Waals surface area contributed by atoms with Gasteiger partial charge in [0.05, 0.1) is 5.54 Å². The van der Waals surface area contributed by atoms with E-state index in [4.69, 9.17) is 0 Å². The minimum Gasteiger partial charge on any atom is -0.352 e. The van der Waals surface area contributed by atoms with E-state index in [0.717, 1.165) is 38.8 Å². The lowest BCUT2D eigenvalue weighted by atomic mass is 9.87. The van der Waals surface area contributed by atoms with E-state index in [1.54, 1.807) is 0 Å². The first-order chi connectivity index (χ1) is 10.1. The predicted octanol–water partition coefficient (Wildman–Crippen LogP) is 2.92. The van der Waals surface area contributed by atoms with Gasteiger partial charge >= 0.3 is 0 Å². The third-order valence-electron chi connectivity index (χ3n) is 5.02. The third-order valence-corrected chi connectivity index (χ3v) is 5.02. The molecule has 0 radical (unpaired) electrons. The number of benzene rings is 1. The molecule has 2 fully saturated rings. The Morgan fingerprint density at radius 3 is 2.29 bits per heavy atom. The quantitative estimate of drug-likeness (QED) is 0.923. The van der Waals surface area contributed by atoms with Crippen LogP contribution in [-0.2, 0) is 4.79 Å². The molecule has 1 amide bonds. The maximum absolute atomic E-state index is 12.4. The molecule has 21 heavy (non-hydrogen) atoms. The van der Waals surface area contributed by atoms with Gasteiger partial charge in [-0.3, -0.25) is 9.69 Å². The second-order valence-corrected chi connectivity index (χ2v) is 6.98. The van der Waals surface area contributed by atoms with Crippen molar-refractivity contribution in [3.8, 4) is 0 Å². The number of hydrogen-bond donors (Lipinski definition) is 1. The highest BCUT2D eigenvalue weighted by molar-refractivity contribution is 5.85. The third kappa shape index (κ3) is 3.29. The van der Waals surface area contributed by atoms with Crippen LogP contribution >= 0.6 is 0 Å². The Hall–Kier alpha value is -1.35. The van der Waals surface area contributed by atoms with Gasteiger partial charge in [-0.05, 0) is 64.1 Å². The van der Waals surface area contributed by atoms with Gasteiger partial charge in [0.15, 0.2) is 0 Å². The second kappa shape index (κ2) is 5.80. The Kier molecular flexibility index (Phi) is 4.03. The maximum Gasteiger partial charge on any atom is 0.240 e. The normalized spacial score (nSPS) is 21.2. The van der Waals surface area contributed by atoms with Gasteiger partial charge in [-0.15, -0.1) is 0 Å². The number of nitrogens with one attached hydrogen (secondary N) is 1. The molecule has 1 saturated carbocycles. The molecule has 114 valence electrons. The molecule has 0 bridgehead atoms. The second-order valence-electron chi connectivity index (χ2n) is 6.98. The van der Waals surface area contributed by atoms with E-state index in [1.165, 1.54) is 5.56 Å². The number of carbonyl (C=O) groups is 1. The Labute approximate surface area is 127 Å². The van der Waals surface area contributed by atoms with Crippen molar-refractivity contribution in [2.24, 2.45) is 0 Å². The van der Waals surface area contributed by atoms with Crippen LogP contribution in [-0.4, -0.2) is 35.5 Å². The van der Waals surface area contributed by atoms with Crippen molar-refractivity contribution in [1.29, 1.82) is 0 Å². The molecular weight excluding hydrogens is 260 g/mol. The summed E-state index contributed by atoms with van der Waals surface area (Å²) < 4.78 is 0. The molecule has 3 nitrogen and oxygen atoms in total. The van der Waals surface area contributed by atoms with Gasteiger partial charge in [0.1, 0.15) is 0 Å². The predicted molar refractivity (Wildman–Crippen MR) is 85.2 cm³/mol. The minimum atomic E-state index is -0.385. The highest BCUT2D eigenvalue weighted by Crippen LogP contribution is 2.31. The van der Waals surface area contributed by atoms with Gasteiger partial charge in [-0.25, -0.2) is 0 Å². The molecule has 1 aliphatic carbocycles. The zero-order valence-electron chi connectivity index (χ0n) is 13.1. The molecule has 1 heterocycles. The topological polar surface area (TPSA) is 32.3 Å². The number of carbonyl (C=O) groups excluding carboxylic acids is 1. The van der Waals surface area contributed by atoms with Crippen LogP contribution < -0.4 is 5.32 Å². The minimum absolute atomic E-state index is 0.197. The first-order valence-corrected chi connectivity index (χ1v) is 8.18. The highest BCUT2D eigenvalue weighted by atomic mass is 16.2. The van der Waals surface area contributed by atoms with Gasteiger partial charge in [0, 0.05) is 6.04 Å². The smallest absolute Gasteiger partial charge is 0.240 e. The molecule has 3 rings (SSSR count). The van der Waals surface area contributed by atoms with Crippen LogP contribution in [0.4, 0.5) is 0 Å². The molecule has 1 aliphatic heterocycles. The van der Waals surface area contributed by atoms with E-state index in [2.05, 4.69) is 54.4 Å². The summed E-state index contributed by atoms with van der Waals surface area (Å²) in [5, 5.41) is 3.15. The van der Waals surface area contributed by atoms with Crippen LogP contribution in [0.15, 0.2) is 30.3 Å². The monoisotopic (exact) mass is 286 g/mol. The molecule has 1 aromatic carbocycles. The Morgan fingerprint density at radius 2 is 1.71 bits per heavy atom. The fourth-order valence-electron chi connectivity index (χ4n) is 3.23. The summed E-state index contributed by atoms with van der Waals surface area (Å²) in [4.78, 5) is 14.8. The fourth-order valence-corrected chi connectivity index (χ4v) is 3.23. The van der Waals surface area contributed by atoms with Gasteiger partial charge < -0.3 is 5.32 Å². The summed E-state index contributed by atoms with van der Waals surface area (Å²) >= 11 is 0. The Morgan fingerprint density at radius 1 is 1.10 bits per heavy atom. The van der Waals surface area contributed by atoms with Gasteiger partial charge in [0.2, 0.25) is 5.91 Å². The van der Waals surface area contributed by atoms with Gasteiger partial charge in [-0.2, -0.15) is 0 Å². The molecule has 1 saturated heterocycles. The van der Waals surface area contributed by atoms with E-state index in [0.29, 0.717) is 12.0 Å². The maximum atomic E-state index is 12.4. The van der Waals surface area contributed by atoms with Crippen molar-refractivity contribution >= 4 is 5.91 Å². The summed E-state index contributed by atoms with van der Waals surface area (Å²) in [6.45, 7) is 6.14. The van der Waals surface area contributed by atoms with Crippen LogP contribution in [0.2, 0.25) is 0 Å². The molecule has 2 aliphatic rings. The molecule has 3 heteroatoms. The number of amides is 1. The number of piperidine rings is 1. The van der Waals surface area contributed by atoms with Crippen molar-refractivity contribution < 1.29 is 4.79 Å². The molecule has 1 N–H and O–H groups in total. The molecule has 0 aromatic heterocycles. The lowest BCUT2D eigenvalue weighted by molar-refractivity contribution is -0.132. The number of likely N-dealkylation sites (tertiary alicyclic amines) is 1. The molecule has 0 unspecified atom stereocenters. The lowest BCUT2D eigenvalue weighted by Gasteiger charge is -2.42. The van der Waals surface area contributed by atoms with E-state index in [9.17, 15) is 4.79 Å². The Balaban J connectivity index is 1.58. The van der Waals surface area contributed by atoms with E-state index in [-0.39, 0.29) is 11.4 Å². The van der Waals surface area contributed by atoms with Gasteiger partial charge in [0.25, 0.3) is 0 Å². The average Bonchev–Trinajstić information content (AvgIpc) is 3.32. The number of rotatable bonds is 4. The SMILES string of the molecule is CC(C)(C(=O)NC1CC1)N1CCC(c2ccccc2)CC1. The van der Waals surface area contributed by atoms with Crippen molar-refractivity contribution in [3.63, 3.8) is 0 Å². The molecule has 1 aromatic rings. The molecule has 0 spiro atoms. The van der Waals surface area contributed by atoms with E-state index in [1.807, 2.05) is 0 Å². The van der Waals surface area contributed by atoms with Crippen LogP contribution in [0.25, 0.3) is 0 Å². The lowest BCUT2D eigenvalue weighted by Crippen LogP contribution is -2.57. The molecular formula is C18H26N2O. The largest absolute Gasteiger partial charge is 0.352 e. The van der Waals surface area contributed by atoms with E-state index >= 15 is 0 Å². The first-order valence-electron chi connectivity index (χ1n) is 8.18. The fraction of sp³-hybridized carbons (Fsp3) is 0.611. The van der Waals surface area contributed by atoms with Crippen LogP contribution in [0.1, 0.15) is 51.0 Å². The zero-order valence-corrected chi connectivity index (χ0v) is 13.1. The summed E-state index contributed by atoms with van der Waals surface area (Å²) in [6.07, 6.45) is 4.59. The zero-order chi connectivity index (χ0) is 14.9. The van der Waals surface area contributed by atoms with Crippen LogP contribution in [0.3, 0.4) is 0 Å².